The lowest BCUT2D eigenvalue weighted by Crippen LogP contribution is -2.40. The van der Waals surface area contributed by atoms with Crippen molar-refractivity contribution in [1.82, 2.24) is 5.32 Å². The Bertz CT molecular complexity index is 1070. The van der Waals surface area contributed by atoms with Crippen LogP contribution in [0, 0.1) is 0 Å². The number of carbonyl (C=O) groups excluding carboxylic acids is 2. The maximum Gasteiger partial charge on any atom is 0.326 e. The van der Waals surface area contributed by atoms with Crippen molar-refractivity contribution >= 4 is 17.8 Å². The number of rotatable bonds is 34. The van der Waals surface area contributed by atoms with Gasteiger partial charge in [-0.05, 0) is 109 Å². The van der Waals surface area contributed by atoms with E-state index in [1.807, 2.05) is 6.08 Å². The third-order valence-corrected chi connectivity index (χ3v) is 8.18. The number of ether oxygens (including phenoxy) is 1. The van der Waals surface area contributed by atoms with E-state index in [1.165, 1.54) is 12.8 Å². The number of allylic oxidation sites excluding steroid dienone is 13. The van der Waals surface area contributed by atoms with E-state index in [2.05, 4.69) is 98.2 Å². The van der Waals surface area contributed by atoms with E-state index in [-0.39, 0.29) is 18.0 Å². The fraction of sp³-hybridized carbons (Fsp3) is 0.614. The van der Waals surface area contributed by atoms with Gasteiger partial charge in [-0.3, -0.25) is 9.59 Å². The zero-order valence-electron chi connectivity index (χ0n) is 32.2. The summed E-state index contributed by atoms with van der Waals surface area (Å²) in [7, 11) is 0. The van der Waals surface area contributed by atoms with E-state index in [0.717, 1.165) is 96.3 Å². The highest BCUT2D eigenvalue weighted by molar-refractivity contribution is 5.83. The molecule has 2 unspecified atom stereocenters. The normalized spacial score (nSPS) is 13.6. The van der Waals surface area contributed by atoms with Crippen LogP contribution in [-0.2, 0) is 19.1 Å². The second kappa shape index (κ2) is 37.8. The molecule has 7 nitrogen and oxygen atoms in total. The molecular formula is C44H72N2O5. The van der Waals surface area contributed by atoms with Crippen molar-refractivity contribution in [2.24, 2.45) is 5.73 Å². The number of carboxylic acids is 1. The Hall–Kier alpha value is -3.45. The number of hydrogen-bond donors (Lipinski definition) is 3. The Labute approximate surface area is 311 Å². The number of esters is 1. The van der Waals surface area contributed by atoms with E-state index < -0.39 is 12.0 Å². The number of carbonyl (C=O) groups is 3. The van der Waals surface area contributed by atoms with Gasteiger partial charge in [0.1, 0.15) is 12.1 Å². The fourth-order valence-electron chi connectivity index (χ4n) is 5.17. The van der Waals surface area contributed by atoms with Crippen LogP contribution in [0.3, 0.4) is 0 Å². The summed E-state index contributed by atoms with van der Waals surface area (Å²) in [6.07, 6.45) is 49.3. The van der Waals surface area contributed by atoms with Gasteiger partial charge >= 0.3 is 11.9 Å². The van der Waals surface area contributed by atoms with Gasteiger partial charge in [-0.2, -0.15) is 0 Å². The topological polar surface area (TPSA) is 119 Å². The summed E-state index contributed by atoms with van der Waals surface area (Å²) in [6.45, 7) is 4.73. The van der Waals surface area contributed by atoms with Gasteiger partial charge < -0.3 is 20.9 Å². The predicted molar refractivity (Wildman–Crippen MR) is 215 cm³/mol. The van der Waals surface area contributed by atoms with Crippen molar-refractivity contribution in [3.8, 4) is 0 Å². The predicted octanol–water partition coefficient (Wildman–Crippen LogP) is 10.9. The quantitative estimate of drug-likeness (QED) is 0.0348. The number of carboxylic acid groups (broad SMARTS) is 1. The summed E-state index contributed by atoms with van der Waals surface area (Å²) < 4.78 is 5.87. The van der Waals surface area contributed by atoms with Crippen LogP contribution in [-0.4, -0.2) is 41.6 Å². The number of nitrogens with two attached hydrogens (primary N) is 1. The summed E-state index contributed by atoms with van der Waals surface area (Å²) in [5.41, 5.74) is 5.47. The van der Waals surface area contributed by atoms with Gasteiger partial charge in [0, 0.05) is 12.8 Å². The summed E-state index contributed by atoms with van der Waals surface area (Å²) in [6, 6.07) is -0.881. The van der Waals surface area contributed by atoms with Crippen molar-refractivity contribution in [1.29, 1.82) is 0 Å². The molecule has 0 spiro atoms. The molecule has 0 heterocycles. The summed E-state index contributed by atoms with van der Waals surface area (Å²) >= 11 is 0. The van der Waals surface area contributed by atoms with Crippen LogP contribution in [0.1, 0.15) is 155 Å². The minimum atomic E-state index is -1.02. The van der Waals surface area contributed by atoms with Gasteiger partial charge in [0.15, 0.2) is 0 Å². The smallest absolute Gasteiger partial charge is 0.326 e. The lowest BCUT2D eigenvalue weighted by Gasteiger charge is -2.15. The highest BCUT2D eigenvalue weighted by atomic mass is 16.5. The second-order valence-corrected chi connectivity index (χ2v) is 13.0. The lowest BCUT2D eigenvalue weighted by atomic mass is 10.1. The van der Waals surface area contributed by atoms with Gasteiger partial charge in [-0.15, -0.1) is 0 Å². The van der Waals surface area contributed by atoms with Crippen LogP contribution in [0.2, 0.25) is 0 Å². The van der Waals surface area contributed by atoms with Gasteiger partial charge in [0.05, 0.1) is 0 Å². The molecule has 288 valence electrons. The Morgan fingerprint density at radius 3 is 1.73 bits per heavy atom. The zero-order chi connectivity index (χ0) is 37.5. The van der Waals surface area contributed by atoms with Crippen molar-refractivity contribution in [2.45, 2.75) is 167 Å². The van der Waals surface area contributed by atoms with Gasteiger partial charge in [-0.1, -0.05) is 125 Å². The maximum atomic E-state index is 12.7. The number of amides is 1. The molecular weight excluding hydrogens is 636 g/mol. The molecule has 0 aliphatic heterocycles. The molecule has 1 amide bonds. The molecule has 0 radical (unpaired) electrons. The molecule has 0 aromatic rings. The second-order valence-electron chi connectivity index (χ2n) is 13.0. The molecule has 4 N–H and O–H groups in total. The first-order valence-electron chi connectivity index (χ1n) is 19.9. The molecule has 51 heavy (non-hydrogen) atoms. The number of aliphatic carboxylic acids is 1. The number of unbranched alkanes of at least 4 members (excludes halogenated alkanes) is 8. The lowest BCUT2D eigenvalue weighted by molar-refractivity contribution is -0.147. The van der Waals surface area contributed by atoms with E-state index in [1.54, 1.807) is 0 Å². The third-order valence-electron chi connectivity index (χ3n) is 8.18. The summed E-state index contributed by atoms with van der Waals surface area (Å²) in [5.74, 6) is -1.40. The molecule has 0 saturated heterocycles. The molecule has 0 saturated carbocycles. The first kappa shape index (κ1) is 47.5. The van der Waals surface area contributed by atoms with Gasteiger partial charge in [0.2, 0.25) is 5.91 Å². The minimum absolute atomic E-state index is 0.141. The van der Waals surface area contributed by atoms with Gasteiger partial charge in [-0.25, -0.2) is 4.79 Å². The largest absolute Gasteiger partial charge is 0.480 e. The average Bonchev–Trinajstić information content (AvgIpc) is 3.11. The van der Waals surface area contributed by atoms with Crippen LogP contribution in [0.4, 0.5) is 0 Å². The van der Waals surface area contributed by atoms with E-state index in [9.17, 15) is 19.5 Å². The minimum Gasteiger partial charge on any atom is -0.480 e. The molecule has 7 heteroatoms. The highest BCUT2D eigenvalue weighted by Gasteiger charge is 2.18. The Balaban J connectivity index is 4.34. The molecule has 0 aliphatic rings. The van der Waals surface area contributed by atoms with E-state index >= 15 is 0 Å². The average molecular weight is 709 g/mol. The number of hydrogen-bond acceptors (Lipinski definition) is 5. The van der Waals surface area contributed by atoms with Crippen LogP contribution < -0.4 is 11.1 Å². The van der Waals surface area contributed by atoms with E-state index in [4.69, 9.17) is 10.5 Å². The SMILES string of the molecule is CC/C=C\C/C=C\C/C=C\C/C=C\C/C=C\CCCCCC(=O)OC(/C=C\C/C=C\CCCC)CCCCCCC(=O)NC(CCCN)C(=O)O. The Kier molecular flexibility index (Phi) is 35.2. The molecule has 0 bridgehead atoms. The first-order chi connectivity index (χ1) is 24.9. The molecule has 0 rings (SSSR count). The van der Waals surface area contributed by atoms with Gasteiger partial charge in [0.25, 0.3) is 0 Å². The van der Waals surface area contributed by atoms with Crippen LogP contribution in [0.25, 0.3) is 0 Å². The molecule has 0 aromatic heterocycles. The van der Waals surface area contributed by atoms with Crippen molar-refractivity contribution in [2.75, 3.05) is 6.54 Å². The van der Waals surface area contributed by atoms with E-state index in [0.29, 0.717) is 38.6 Å². The summed E-state index contributed by atoms with van der Waals surface area (Å²) in [5, 5.41) is 11.9. The Morgan fingerprint density at radius 1 is 0.608 bits per heavy atom. The van der Waals surface area contributed by atoms with Crippen molar-refractivity contribution in [3.63, 3.8) is 0 Å². The van der Waals surface area contributed by atoms with Crippen molar-refractivity contribution < 1.29 is 24.2 Å². The molecule has 0 aromatic carbocycles. The molecule has 2 atom stereocenters. The highest BCUT2D eigenvalue weighted by Crippen LogP contribution is 2.14. The van der Waals surface area contributed by atoms with Crippen molar-refractivity contribution in [3.05, 3.63) is 85.1 Å². The monoisotopic (exact) mass is 709 g/mol. The summed E-state index contributed by atoms with van der Waals surface area (Å²) in [4.78, 5) is 36.2. The third kappa shape index (κ3) is 34.8. The standard InChI is InChI=1S/C44H72N2O5/c1-3-5-7-9-11-12-13-14-15-16-17-18-19-20-21-22-24-26-32-38-43(48)51-40(34-29-25-23-10-8-6-4-2)35-30-27-28-31-37-42(47)46-41(44(49)50)36-33-39-45/h5,7,10-12,14-15,17-18,20-21,23,29,34,40-41H,3-4,6,8-9,13,16,19,22,24-28,30-33,35-39,45H2,1-2H3,(H,46,47)(H,49,50)/b7-5-,12-11-,15-14-,18-17-,21-20-,23-10-,34-29-. The first-order valence-corrected chi connectivity index (χ1v) is 19.9. The fourth-order valence-corrected chi connectivity index (χ4v) is 5.17. The maximum absolute atomic E-state index is 12.7. The number of nitrogens with one attached hydrogen (secondary N) is 1. The van der Waals surface area contributed by atoms with Crippen LogP contribution in [0.5, 0.6) is 0 Å². The Morgan fingerprint density at radius 2 is 1.14 bits per heavy atom. The molecule has 0 aliphatic carbocycles. The van der Waals surface area contributed by atoms with Crippen LogP contribution >= 0.6 is 0 Å². The zero-order valence-corrected chi connectivity index (χ0v) is 32.2. The molecule has 0 fully saturated rings. The van der Waals surface area contributed by atoms with Crippen LogP contribution in [0.15, 0.2) is 85.1 Å².